The van der Waals surface area contributed by atoms with Crippen molar-refractivity contribution in [3.8, 4) is 0 Å². The summed E-state index contributed by atoms with van der Waals surface area (Å²) < 4.78 is 178. The zero-order valence-corrected chi connectivity index (χ0v) is 42.2. The van der Waals surface area contributed by atoms with Crippen molar-refractivity contribution in [3.05, 3.63) is 0 Å². The van der Waals surface area contributed by atoms with Crippen molar-refractivity contribution in [1.82, 2.24) is 0 Å². The van der Waals surface area contributed by atoms with Crippen molar-refractivity contribution in [2.45, 2.75) is 253 Å². The van der Waals surface area contributed by atoms with Gasteiger partial charge in [-0.05, 0) is 0 Å². The average molecular weight is 1090 g/mol. The van der Waals surface area contributed by atoms with Gasteiger partial charge in [0, 0.05) is 0 Å². The molecule has 0 spiro atoms. The third-order valence-corrected chi connectivity index (χ3v) is 13.0. The van der Waals surface area contributed by atoms with E-state index in [1.165, 1.54) is 218 Å². The molecule has 374 valence electrons. The zero-order chi connectivity index (χ0) is 48.6. The van der Waals surface area contributed by atoms with Crippen LogP contribution in [0.1, 0.15) is 232 Å². The SMILES string of the molecule is CCCCCCCCCCCCCCCCCC[CH]([Sn+3])CCCCCCCCCCCCCCCCCC.O=S(=O)([O-])C(F)(F)F.O=S(=O)([O-])C(F)(F)F.O=S(=O)([O-])C(F)(F)F. The van der Waals surface area contributed by atoms with Gasteiger partial charge in [0.1, 0.15) is 0 Å². The van der Waals surface area contributed by atoms with Crippen LogP contribution < -0.4 is 0 Å². The van der Waals surface area contributed by atoms with Crippen molar-refractivity contribution in [2.75, 3.05) is 0 Å². The summed E-state index contributed by atoms with van der Waals surface area (Å²) in [6.45, 7) is 4.62. The van der Waals surface area contributed by atoms with Crippen molar-refractivity contribution in [1.29, 1.82) is 0 Å². The standard InChI is InChI=1S/C37H75.3CHF3O3S.Sn/c1-3-5-7-9-11-13-15-17-19-21-23-25-27-29-31-33-35-37-36-34-32-30-28-26-24-22-20-18-16-14-12-10-8-6-4-2;3*2-1(3,4)8(5,6)7;/h37H,3-36H2,1-2H3;3*(H,5,6,7);/q;;;;+3/p-3. The molecule has 0 rings (SSSR count). The Bertz CT molecular complexity index is 1180. The van der Waals surface area contributed by atoms with Crippen molar-refractivity contribution < 1.29 is 78.4 Å². The van der Waals surface area contributed by atoms with Gasteiger partial charge in [0.05, 0.1) is 0 Å². The second-order valence-electron chi connectivity index (χ2n) is 15.6. The summed E-state index contributed by atoms with van der Waals surface area (Å²) in [6.07, 6.45) is 50.5. The number of hydrogen-bond acceptors (Lipinski definition) is 9. The Morgan fingerprint density at radius 2 is 0.435 bits per heavy atom. The van der Waals surface area contributed by atoms with Gasteiger partial charge in [0.15, 0.2) is 30.4 Å². The van der Waals surface area contributed by atoms with E-state index < -0.39 is 46.9 Å². The molecule has 0 radical (unpaired) electrons. The van der Waals surface area contributed by atoms with Gasteiger partial charge < -0.3 is 13.7 Å². The first-order valence-corrected chi connectivity index (χ1v) is 28.2. The third-order valence-electron chi connectivity index (χ3n) is 9.66. The first kappa shape index (κ1) is 68.5. The van der Waals surface area contributed by atoms with Crippen LogP contribution in [-0.2, 0) is 30.4 Å². The first-order valence-electron chi connectivity index (χ1n) is 22.3. The molecule has 0 saturated heterocycles. The molecule has 0 unspecified atom stereocenters. The predicted molar refractivity (Wildman–Crippen MR) is 225 cm³/mol. The van der Waals surface area contributed by atoms with Crippen LogP contribution in [0.2, 0.25) is 3.93 Å². The quantitative estimate of drug-likeness (QED) is 0.0200. The van der Waals surface area contributed by atoms with E-state index in [0.717, 1.165) is 3.93 Å². The first-order chi connectivity index (χ1) is 28.6. The molecule has 0 aromatic rings. The molecule has 0 heterocycles. The van der Waals surface area contributed by atoms with Gasteiger partial charge in [-0.3, -0.25) is 0 Å². The molecule has 0 saturated carbocycles. The fourth-order valence-electron chi connectivity index (χ4n) is 6.02. The van der Waals surface area contributed by atoms with Gasteiger partial charge in [-0.2, -0.15) is 39.5 Å². The summed E-state index contributed by atoms with van der Waals surface area (Å²) >= 11 is 1.81. The van der Waals surface area contributed by atoms with Crippen LogP contribution in [0.25, 0.3) is 0 Å². The predicted octanol–water partition coefficient (Wildman–Crippen LogP) is 14.4. The molecule has 9 nitrogen and oxygen atoms in total. The van der Waals surface area contributed by atoms with E-state index in [0.29, 0.717) is 0 Å². The van der Waals surface area contributed by atoms with Gasteiger partial charge >= 0.3 is 184 Å². The molecule has 0 N–H and O–H groups in total. The molecular formula is C40H75F9O9S3Sn. The Morgan fingerprint density at radius 3 is 0.548 bits per heavy atom. The second-order valence-corrected chi connectivity index (χ2v) is 22.0. The smallest absolute Gasteiger partial charge is 0.741 e. The Balaban J connectivity index is -0.000000560. The van der Waals surface area contributed by atoms with Gasteiger partial charge in [-0.1, -0.05) is 90.9 Å². The third kappa shape index (κ3) is 52.5. The number of unbranched alkanes of at least 4 members (excludes halogenated alkanes) is 30. The topological polar surface area (TPSA) is 172 Å². The van der Waals surface area contributed by atoms with Gasteiger partial charge in [-0.25, -0.2) is 25.3 Å². The van der Waals surface area contributed by atoms with E-state index in [1.54, 1.807) is 0 Å². The fourth-order valence-corrected chi connectivity index (χ4v) is 7.19. The van der Waals surface area contributed by atoms with Crippen LogP contribution in [0.3, 0.4) is 0 Å². The maximum absolute atomic E-state index is 10.7. The molecule has 22 heteroatoms. The van der Waals surface area contributed by atoms with Crippen LogP contribution in [0.5, 0.6) is 0 Å². The molecule has 0 aromatic heterocycles. The van der Waals surface area contributed by atoms with Crippen LogP contribution >= 0.6 is 0 Å². The Labute approximate surface area is 382 Å². The zero-order valence-electron chi connectivity index (χ0n) is 36.9. The Kier molecular flexibility index (Phi) is 45.4. The molecule has 0 aliphatic heterocycles. The molecule has 0 aliphatic carbocycles. The van der Waals surface area contributed by atoms with E-state index in [-0.39, 0.29) is 0 Å². The maximum atomic E-state index is 10.7. The number of alkyl halides is 9. The Morgan fingerprint density at radius 1 is 0.323 bits per heavy atom. The summed E-state index contributed by atoms with van der Waals surface area (Å²) in [5, 5.41) is 0. The minimum Gasteiger partial charge on any atom is -0.741 e. The van der Waals surface area contributed by atoms with Gasteiger partial charge in [-0.15, -0.1) is 0 Å². The van der Waals surface area contributed by atoms with Gasteiger partial charge in [0.2, 0.25) is 0 Å². The summed E-state index contributed by atoms with van der Waals surface area (Å²) in [5.74, 6) is 0. The number of halogens is 9. The number of hydrogen-bond donors (Lipinski definition) is 0. The normalized spacial score (nSPS) is 12.6. The van der Waals surface area contributed by atoms with E-state index in [1.807, 2.05) is 22.5 Å². The van der Waals surface area contributed by atoms with E-state index >= 15 is 0 Å². The summed E-state index contributed by atoms with van der Waals surface area (Å²) in [4.78, 5) is 0. The van der Waals surface area contributed by atoms with Crippen molar-refractivity contribution >= 4 is 52.9 Å². The molecule has 0 amide bonds. The number of rotatable bonds is 34. The van der Waals surface area contributed by atoms with Crippen LogP contribution in [0.4, 0.5) is 39.5 Å². The minimum atomic E-state index is -6.09. The van der Waals surface area contributed by atoms with Crippen LogP contribution in [0.15, 0.2) is 0 Å². The summed E-state index contributed by atoms with van der Waals surface area (Å²) in [7, 11) is -18.3. The monoisotopic (exact) mass is 1090 g/mol. The molecule has 0 aliphatic rings. The molecule has 0 bridgehead atoms. The fraction of sp³-hybridized carbons (Fsp3) is 1.00. The molecule has 0 fully saturated rings. The van der Waals surface area contributed by atoms with E-state index in [9.17, 15) is 39.5 Å². The minimum absolute atomic E-state index is 1.06. The molecular weight excluding hydrogens is 1010 g/mol. The van der Waals surface area contributed by atoms with Crippen molar-refractivity contribution in [2.24, 2.45) is 0 Å². The van der Waals surface area contributed by atoms with E-state index in [4.69, 9.17) is 38.9 Å². The Hall–Kier alpha value is -0.101. The average Bonchev–Trinajstić information content (AvgIpc) is 3.13. The molecule has 0 atom stereocenters. The second kappa shape index (κ2) is 41.1. The van der Waals surface area contributed by atoms with E-state index in [2.05, 4.69) is 13.8 Å². The summed E-state index contributed by atoms with van der Waals surface area (Å²) in [6, 6.07) is 0. The molecule has 0 aromatic carbocycles. The summed E-state index contributed by atoms with van der Waals surface area (Å²) in [5.41, 5.74) is -16.9. The van der Waals surface area contributed by atoms with Crippen LogP contribution in [-0.4, -0.2) is 78.0 Å². The van der Waals surface area contributed by atoms with Crippen molar-refractivity contribution in [3.63, 3.8) is 0 Å². The van der Waals surface area contributed by atoms with Crippen LogP contribution in [0, 0.1) is 0 Å². The molecule has 62 heavy (non-hydrogen) atoms. The van der Waals surface area contributed by atoms with Gasteiger partial charge in [0.25, 0.3) is 0 Å².